The molecule has 1 aliphatic heterocycles. The molecule has 4 N–H and O–H groups in total. The van der Waals surface area contributed by atoms with Gasteiger partial charge in [0.25, 0.3) is 5.91 Å². The van der Waals surface area contributed by atoms with Gasteiger partial charge >= 0.3 is 12.0 Å². The number of benzene rings is 1. The third-order valence-corrected chi connectivity index (χ3v) is 8.59. The first-order valence-electron chi connectivity index (χ1n) is 16.9. The van der Waals surface area contributed by atoms with Crippen molar-refractivity contribution >= 4 is 35.5 Å². The first-order chi connectivity index (χ1) is 23.2. The van der Waals surface area contributed by atoms with Crippen LogP contribution >= 0.6 is 0 Å². The molecule has 13 heteroatoms. The lowest BCUT2D eigenvalue weighted by Gasteiger charge is -2.38. The number of esters is 1. The molecule has 0 aromatic heterocycles. The zero-order chi connectivity index (χ0) is 38.0. The van der Waals surface area contributed by atoms with Crippen LogP contribution in [0.25, 0.3) is 0 Å². The lowest BCUT2D eigenvalue weighted by Crippen LogP contribution is -2.62. The third kappa shape index (κ3) is 11.5. The predicted octanol–water partition coefficient (Wildman–Crippen LogP) is 3.95. The maximum atomic E-state index is 14.4. The second-order valence-corrected chi connectivity index (χ2v) is 14.9. The van der Waals surface area contributed by atoms with E-state index in [1.807, 2.05) is 27.7 Å². The fraction of sp³-hybridized carbons (Fsp3) is 0.568. The van der Waals surface area contributed by atoms with Crippen molar-refractivity contribution in [2.45, 2.75) is 105 Å². The number of Topliss-reactive ketones (excluding diaryl/α,β-unsaturated/α-hetero) is 1. The van der Waals surface area contributed by atoms with Crippen LogP contribution in [0.3, 0.4) is 0 Å². The second-order valence-electron chi connectivity index (χ2n) is 14.9. The molecule has 1 fully saturated rings. The number of ketones is 1. The van der Waals surface area contributed by atoms with E-state index in [1.165, 1.54) is 42.2 Å². The number of carbonyl (C=O) groups excluding carboxylic acids is 6. The van der Waals surface area contributed by atoms with Crippen LogP contribution < -0.4 is 21.3 Å². The van der Waals surface area contributed by atoms with E-state index in [1.54, 1.807) is 20.8 Å². The Bertz CT molecular complexity index is 1430. The van der Waals surface area contributed by atoms with Gasteiger partial charge in [-0.1, -0.05) is 79.7 Å². The van der Waals surface area contributed by atoms with Crippen LogP contribution in [0.4, 0.5) is 9.18 Å². The monoisotopic (exact) mass is 699 g/mol. The van der Waals surface area contributed by atoms with Gasteiger partial charge < -0.3 is 30.9 Å². The van der Waals surface area contributed by atoms with Crippen LogP contribution in [-0.2, 0) is 35.3 Å². The summed E-state index contributed by atoms with van der Waals surface area (Å²) >= 11 is 0. The molecule has 2 rings (SSSR count). The number of amides is 5. The molecule has 12 nitrogen and oxygen atoms in total. The van der Waals surface area contributed by atoms with Crippen LogP contribution in [0, 0.1) is 22.6 Å². The van der Waals surface area contributed by atoms with Gasteiger partial charge in [-0.2, -0.15) is 0 Å². The van der Waals surface area contributed by atoms with Crippen molar-refractivity contribution in [3.05, 3.63) is 60.5 Å². The smallest absolute Gasteiger partial charge is 0.333 e. The molecule has 0 saturated carbocycles. The fourth-order valence-electron chi connectivity index (χ4n) is 5.82. The molecule has 50 heavy (non-hydrogen) atoms. The first kappa shape index (κ1) is 41.6. The van der Waals surface area contributed by atoms with Crippen molar-refractivity contribution < 1.29 is 37.9 Å². The van der Waals surface area contributed by atoms with Gasteiger partial charge in [-0.25, -0.2) is 14.0 Å². The average molecular weight is 700 g/mol. The lowest BCUT2D eigenvalue weighted by molar-refractivity contribution is -0.146. The zero-order valence-corrected chi connectivity index (χ0v) is 30.6. The van der Waals surface area contributed by atoms with Crippen LogP contribution in [0.2, 0.25) is 0 Å². The van der Waals surface area contributed by atoms with Crippen molar-refractivity contribution in [1.29, 1.82) is 0 Å². The number of hydrogen-bond donors (Lipinski definition) is 4. The van der Waals surface area contributed by atoms with Gasteiger partial charge in [0.2, 0.25) is 17.6 Å². The van der Waals surface area contributed by atoms with Gasteiger partial charge in [-0.15, -0.1) is 6.58 Å². The average Bonchev–Trinajstić information content (AvgIpc) is 3.49. The highest BCUT2D eigenvalue weighted by Crippen LogP contribution is 2.40. The standard InChI is InChI=1S/C37H54FN5O7/c1-11-13-26(29(44)32(46)39-19-12-2)40-31(45)28-25(36(5,6)7)18-20-43(28)33(47)30(37(8,9)10)42-35(49)41-27(22(3)4)34(48)50-21-23-14-16-24(38)17-15-23/h12,14-17,25-28,30H,2-3,11,13,18-21H2,1,4-10H3,(H,39,46)(H,40,45)(H2,41,42,49)/t25-,26?,27-,28-,30+/m0/s1. The number of halogens is 1. The molecule has 0 radical (unpaired) electrons. The summed E-state index contributed by atoms with van der Waals surface area (Å²) in [6, 6.07) is 0.0875. The molecule has 5 atom stereocenters. The predicted molar refractivity (Wildman–Crippen MR) is 188 cm³/mol. The van der Waals surface area contributed by atoms with Crippen LogP contribution in [0.15, 0.2) is 49.1 Å². The van der Waals surface area contributed by atoms with Gasteiger partial charge in [0.15, 0.2) is 0 Å². The van der Waals surface area contributed by atoms with Crippen LogP contribution in [0.1, 0.15) is 80.2 Å². The molecule has 276 valence electrons. The van der Waals surface area contributed by atoms with Crippen LogP contribution in [0.5, 0.6) is 0 Å². The zero-order valence-electron chi connectivity index (χ0n) is 30.6. The summed E-state index contributed by atoms with van der Waals surface area (Å²) in [7, 11) is 0. The van der Waals surface area contributed by atoms with E-state index in [0.717, 1.165) is 0 Å². The SMILES string of the molecule is C=CCNC(=O)C(=O)C(CCC)NC(=O)[C@@H]1[C@@H](C(C)(C)C)CCN1C(=O)[C@@H](NC(=O)N[C@@H](C(=C)C)C(=O)OCc1ccc(F)cc1)C(C)(C)C. The quantitative estimate of drug-likeness (QED) is 0.122. The van der Waals surface area contributed by atoms with E-state index in [0.29, 0.717) is 18.4 Å². The Labute approximate surface area is 295 Å². The molecule has 1 aromatic carbocycles. The highest BCUT2D eigenvalue weighted by atomic mass is 19.1. The minimum Gasteiger partial charge on any atom is -0.459 e. The summed E-state index contributed by atoms with van der Waals surface area (Å²) in [4.78, 5) is 81.6. The van der Waals surface area contributed by atoms with Crippen molar-refractivity contribution in [2.24, 2.45) is 16.7 Å². The number of ether oxygens (including phenoxy) is 1. The summed E-state index contributed by atoms with van der Waals surface area (Å²) in [5.74, 6) is -4.26. The molecule has 1 aromatic rings. The largest absolute Gasteiger partial charge is 0.459 e. The van der Waals surface area contributed by atoms with E-state index in [9.17, 15) is 33.2 Å². The van der Waals surface area contributed by atoms with E-state index in [2.05, 4.69) is 34.4 Å². The van der Waals surface area contributed by atoms with Crippen LogP contribution in [-0.4, -0.2) is 77.7 Å². The van der Waals surface area contributed by atoms with E-state index in [-0.39, 0.29) is 37.6 Å². The summed E-state index contributed by atoms with van der Waals surface area (Å²) in [6.45, 7) is 22.0. The van der Waals surface area contributed by atoms with Gasteiger partial charge in [-0.05, 0) is 59.8 Å². The number of likely N-dealkylation sites (tertiary alicyclic amines) is 1. The summed E-state index contributed by atoms with van der Waals surface area (Å²) in [5, 5.41) is 10.4. The normalized spacial score (nSPS) is 17.8. The number of nitrogens with zero attached hydrogens (tertiary/aromatic N) is 1. The summed E-state index contributed by atoms with van der Waals surface area (Å²) in [6.07, 6.45) is 2.66. The highest BCUT2D eigenvalue weighted by molar-refractivity contribution is 6.38. The molecule has 5 amide bonds. The van der Waals surface area contributed by atoms with Crippen molar-refractivity contribution in [1.82, 2.24) is 26.2 Å². The fourth-order valence-corrected chi connectivity index (χ4v) is 5.82. The molecule has 0 aliphatic carbocycles. The molecule has 0 bridgehead atoms. The third-order valence-electron chi connectivity index (χ3n) is 8.59. The van der Waals surface area contributed by atoms with Crippen molar-refractivity contribution in [3.8, 4) is 0 Å². The highest BCUT2D eigenvalue weighted by Gasteiger charge is 2.50. The minimum atomic E-state index is -1.25. The van der Waals surface area contributed by atoms with E-state index >= 15 is 0 Å². The number of rotatable bonds is 15. The van der Waals surface area contributed by atoms with Gasteiger partial charge in [0, 0.05) is 13.1 Å². The number of urea groups is 1. The minimum absolute atomic E-state index is 0.0907. The molecule has 1 heterocycles. The Balaban J connectivity index is 2.31. The van der Waals surface area contributed by atoms with Gasteiger partial charge in [-0.3, -0.25) is 19.2 Å². The number of nitrogens with one attached hydrogen (secondary N) is 4. The summed E-state index contributed by atoms with van der Waals surface area (Å²) < 4.78 is 18.6. The van der Waals surface area contributed by atoms with Crippen molar-refractivity contribution in [2.75, 3.05) is 13.1 Å². The first-order valence-corrected chi connectivity index (χ1v) is 16.9. The Kier molecular flexibility index (Phi) is 14.9. The molecule has 0 spiro atoms. The number of hydrogen-bond acceptors (Lipinski definition) is 7. The van der Waals surface area contributed by atoms with Crippen molar-refractivity contribution in [3.63, 3.8) is 0 Å². The Morgan fingerprint density at radius 1 is 1.02 bits per heavy atom. The van der Waals surface area contributed by atoms with Gasteiger partial charge in [0.05, 0.1) is 6.04 Å². The molecule has 1 aliphatic rings. The molecular weight excluding hydrogens is 645 g/mol. The number of carbonyl (C=O) groups is 6. The summed E-state index contributed by atoms with van der Waals surface area (Å²) in [5.41, 5.74) is -0.446. The Morgan fingerprint density at radius 3 is 2.16 bits per heavy atom. The molecular formula is C37H54FN5O7. The lowest BCUT2D eigenvalue weighted by atomic mass is 9.75. The van der Waals surface area contributed by atoms with E-state index < -0.39 is 76.3 Å². The van der Waals surface area contributed by atoms with E-state index in [4.69, 9.17) is 4.74 Å². The maximum Gasteiger partial charge on any atom is 0.333 e. The Hall–Kier alpha value is -4.55. The maximum absolute atomic E-state index is 14.4. The second kappa shape index (κ2) is 17.9. The van der Waals surface area contributed by atoms with Gasteiger partial charge in [0.1, 0.15) is 30.5 Å². The Morgan fingerprint density at radius 2 is 1.64 bits per heavy atom. The molecule has 1 saturated heterocycles. The topological polar surface area (TPSA) is 163 Å². The molecule has 1 unspecified atom stereocenters.